The Balaban J connectivity index is 2.02. The van der Waals surface area contributed by atoms with E-state index in [0.717, 1.165) is 25.7 Å². The average molecular weight is 360 g/mol. The van der Waals surface area contributed by atoms with Crippen molar-refractivity contribution in [3.63, 3.8) is 0 Å². The van der Waals surface area contributed by atoms with Gasteiger partial charge in [-0.15, -0.1) is 0 Å². The molecule has 6 heteroatoms. The largest absolute Gasteiger partial charge is 0.385 e. The van der Waals surface area contributed by atoms with Crippen LogP contribution in [0.2, 0.25) is 0 Å². The fraction of sp³-hybridized carbons (Fsp3) is 0.500. The molecule has 1 amide bonds. The predicted molar refractivity (Wildman–Crippen MR) is 96.1 cm³/mol. The second-order valence-corrected chi connectivity index (χ2v) is 6.84. The van der Waals surface area contributed by atoms with Crippen LogP contribution < -0.4 is 0 Å². The van der Waals surface area contributed by atoms with Crippen molar-refractivity contribution in [1.29, 1.82) is 0 Å². The Morgan fingerprint density at radius 3 is 2.54 bits per heavy atom. The molecule has 0 aliphatic heterocycles. The molecule has 1 aliphatic carbocycles. The van der Waals surface area contributed by atoms with Gasteiger partial charge in [0.15, 0.2) is 5.76 Å². The smallest absolute Gasteiger partial charge is 0.260 e. The minimum atomic E-state index is -0.958. The summed E-state index contributed by atoms with van der Waals surface area (Å²) in [5.74, 6) is -0.391. The molecule has 0 bridgehead atoms. The molecule has 0 radical (unpaired) electrons. The Labute approximate surface area is 152 Å². The highest BCUT2D eigenvalue weighted by Gasteiger charge is 2.32. The Bertz CT molecular complexity index is 749. The summed E-state index contributed by atoms with van der Waals surface area (Å²) in [6.45, 7) is 4.08. The lowest BCUT2D eigenvalue weighted by molar-refractivity contribution is 0.0637. The molecule has 1 unspecified atom stereocenters. The molecule has 2 aromatic rings. The number of hydrogen-bond acceptors (Lipinski definition) is 4. The van der Waals surface area contributed by atoms with E-state index in [9.17, 15) is 14.3 Å². The molecule has 1 atom stereocenters. The average Bonchev–Trinajstić information content (AvgIpc) is 3.09. The Morgan fingerprint density at radius 1 is 1.31 bits per heavy atom. The van der Waals surface area contributed by atoms with Gasteiger partial charge in [-0.25, -0.2) is 4.39 Å². The van der Waals surface area contributed by atoms with Crippen LogP contribution in [0, 0.1) is 5.82 Å². The third-order valence-electron chi connectivity index (χ3n) is 5.05. The van der Waals surface area contributed by atoms with Crippen molar-refractivity contribution >= 4 is 5.91 Å². The number of halogens is 1. The molecular formula is C20H25FN2O3. The van der Waals surface area contributed by atoms with E-state index in [1.165, 1.54) is 18.6 Å². The number of benzene rings is 1. The number of carbonyl (C=O) groups is 1. The number of hydrogen-bond donors (Lipinski definition) is 1. The third kappa shape index (κ3) is 3.65. The number of aromatic nitrogens is 1. The second-order valence-electron chi connectivity index (χ2n) is 6.84. The number of nitrogens with zero attached hydrogens (tertiary/aromatic N) is 2. The highest BCUT2D eigenvalue weighted by atomic mass is 19.1. The van der Waals surface area contributed by atoms with Crippen molar-refractivity contribution in [2.45, 2.75) is 58.1 Å². The molecule has 1 heterocycles. The van der Waals surface area contributed by atoms with E-state index in [2.05, 4.69) is 5.16 Å². The molecule has 5 nitrogen and oxygen atoms in total. The SMILES string of the molecule is CCN(C(=O)c1c(-c2ccc(F)cc2)noc1C(C)O)C1CCCCC1. The van der Waals surface area contributed by atoms with Crippen LogP contribution in [0.3, 0.4) is 0 Å². The van der Waals surface area contributed by atoms with E-state index >= 15 is 0 Å². The van der Waals surface area contributed by atoms with E-state index in [4.69, 9.17) is 4.52 Å². The van der Waals surface area contributed by atoms with Gasteiger partial charge in [0.1, 0.15) is 23.2 Å². The van der Waals surface area contributed by atoms with E-state index in [0.29, 0.717) is 17.8 Å². The molecule has 0 spiro atoms. The van der Waals surface area contributed by atoms with Crippen molar-refractivity contribution < 1.29 is 18.8 Å². The Hall–Kier alpha value is -2.21. The summed E-state index contributed by atoms with van der Waals surface area (Å²) >= 11 is 0. The molecule has 1 N–H and O–H groups in total. The van der Waals surface area contributed by atoms with E-state index in [1.54, 1.807) is 19.1 Å². The zero-order valence-corrected chi connectivity index (χ0v) is 15.2. The first-order valence-corrected chi connectivity index (χ1v) is 9.27. The minimum absolute atomic E-state index is 0.156. The summed E-state index contributed by atoms with van der Waals surface area (Å²) in [5.41, 5.74) is 1.21. The highest BCUT2D eigenvalue weighted by molar-refractivity contribution is 6.01. The summed E-state index contributed by atoms with van der Waals surface area (Å²) in [7, 11) is 0. The summed E-state index contributed by atoms with van der Waals surface area (Å²) < 4.78 is 18.6. The minimum Gasteiger partial charge on any atom is -0.385 e. The van der Waals surface area contributed by atoms with Crippen molar-refractivity contribution in [3.8, 4) is 11.3 Å². The van der Waals surface area contributed by atoms with Gasteiger partial charge < -0.3 is 14.5 Å². The number of aliphatic hydroxyl groups is 1. The van der Waals surface area contributed by atoms with Gasteiger partial charge in [-0.2, -0.15) is 0 Å². The maximum atomic E-state index is 13.4. The zero-order chi connectivity index (χ0) is 18.7. The third-order valence-corrected chi connectivity index (χ3v) is 5.05. The van der Waals surface area contributed by atoms with Crippen LogP contribution in [0.1, 0.15) is 68.2 Å². The van der Waals surface area contributed by atoms with Crippen LogP contribution in [0.5, 0.6) is 0 Å². The maximum absolute atomic E-state index is 13.4. The maximum Gasteiger partial charge on any atom is 0.260 e. The zero-order valence-electron chi connectivity index (χ0n) is 15.2. The fourth-order valence-corrected chi connectivity index (χ4v) is 3.70. The number of carbonyl (C=O) groups excluding carboxylic acids is 1. The lowest BCUT2D eigenvalue weighted by Gasteiger charge is -2.33. The molecule has 3 rings (SSSR count). The summed E-state index contributed by atoms with van der Waals surface area (Å²) in [4.78, 5) is 15.2. The first-order valence-electron chi connectivity index (χ1n) is 9.27. The van der Waals surface area contributed by atoms with E-state index in [1.807, 2.05) is 11.8 Å². The van der Waals surface area contributed by atoms with Crippen LogP contribution in [0.25, 0.3) is 11.3 Å². The van der Waals surface area contributed by atoms with Gasteiger partial charge in [-0.1, -0.05) is 24.4 Å². The predicted octanol–water partition coefficient (Wildman–Crippen LogP) is 4.33. The van der Waals surface area contributed by atoms with Crippen LogP contribution in [0.4, 0.5) is 4.39 Å². The van der Waals surface area contributed by atoms with Crippen molar-refractivity contribution in [2.75, 3.05) is 6.54 Å². The lowest BCUT2D eigenvalue weighted by atomic mass is 9.93. The van der Waals surface area contributed by atoms with Gasteiger partial charge >= 0.3 is 0 Å². The molecule has 1 aromatic heterocycles. The molecular weight excluding hydrogens is 335 g/mol. The monoisotopic (exact) mass is 360 g/mol. The molecule has 0 saturated heterocycles. The molecule has 26 heavy (non-hydrogen) atoms. The van der Waals surface area contributed by atoms with Gasteiger partial charge in [-0.3, -0.25) is 4.79 Å². The number of aliphatic hydroxyl groups excluding tert-OH is 1. The topological polar surface area (TPSA) is 66.6 Å². The van der Waals surface area contributed by atoms with Crippen molar-refractivity contribution in [1.82, 2.24) is 10.1 Å². The first-order chi connectivity index (χ1) is 12.5. The van der Waals surface area contributed by atoms with Crippen molar-refractivity contribution in [3.05, 3.63) is 41.4 Å². The van der Waals surface area contributed by atoms with E-state index in [-0.39, 0.29) is 29.1 Å². The van der Waals surface area contributed by atoms with Gasteiger partial charge in [0.2, 0.25) is 0 Å². The molecule has 140 valence electrons. The Kier molecular flexibility index (Phi) is 5.71. The van der Waals surface area contributed by atoms with Gasteiger partial charge in [0.05, 0.1) is 0 Å². The number of rotatable bonds is 5. The van der Waals surface area contributed by atoms with Crippen LogP contribution in [-0.2, 0) is 0 Å². The van der Waals surface area contributed by atoms with Crippen LogP contribution >= 0.6 is 0 Å². The van der Waals surface area contributed by atoms with Gasteiger partial charge in [-0.05, 0) is 51.0 Å². The second kappa shape index (κ2) is 7.99. The van der Waals surface area contributed by atoms with E-state index < -0.39 is 6.10 Å². The first kappa shape index (κ1) is 18.6. The standard InChI is InChI=1S/C20H25FN2O3/c1-3-23(16-7-5-4-6-8-16)20(25)17-18(22-26-19(17)13(2)24)14-9-11-15(21)12-10-14/h9-13,16,24H,3-8H2,1-2H3. The van der Waals surface area contributed by atoms with Crippen LogP contribution in [-0.4, -0.2) is 33.7 Å². The summed E-state index contributed by atoms with van der Waals surface area (Å²) in [5, 5.41) is 14.1. The molecule has 1 aliphatic rings. The van der Waals surface area contributed by atoms with Crippen LogP contribution in [0.15, 0.2) is 28.8 Å². The summed E-state index contributed by atoms with van der Waals surface area (Å²) in [6.07, 6.45) is 4.45. The van der Waals surface area contributed by atoms with Gasteiger partial charge in [0.25, 0.3) is 5.91 Å². The fourth-order valence-electron chi connectivity index (χ4n) is 3.70. The molecule has 1 saturated carbocycles. The highest BCUT2D eigenvalue weighted by Crippen LogP contribution is 2.32. The quantitative estimate of drug-likeness (QED) is 0.862. The lowest BCUT2D eigenvalue weighted by Crippen LogP contribution is -2.41. The Morgan fingerprint density at radius 2 is 1.96 bits per heavy atom. The molecule has 1 aromatic carbocycles. The van der Waals surface area contributed by atoms with Gasteiger partial charge in [0, 0.05) is 18.2 Å². The summed E-state index contributed by atoms with van der Waals surface area (Å²) in [6, 6.07) is 5.95. The van der Waals surface area contributed by atoms with Crippen molar-refractivity contribution in [2.24, 2.45) is 0 Å². The normalized spacial score (nSPS) is 16.5. The molecule has 1 fully saturated rings. The number of amides is 1.